The number of amides is 1. The number of H-pyrrole nitrogens is 1. The zero-order valence-corrected chi connectivity index (χ0v) is 17.2. The topological polar surface area (TPSA) is 101 Å². The standard InChI is InChI=1S/C19H17N5O3S2/c1-27-17(26)15-10-5-4-8-13(10)29-16(15)21-14(25)9-28-19-23-22-18-20-11-6-2-3-7-12(11)24(18)19/h2-3,6-7H,4-5,8-9H2,1H3,(H,20,22)(H,21,25). The zero-order chi connectivity index (χ0) is 20.0. The van der Waals surface area contributed by atoms with E-state index in [1.54, 1.807) is 0 Å². The second kappa shape index (κ2) is 7.20. The van der Waals surface area contributed by atoms with E-state index in [9.17, 15) is 9.59 Å². The first-order valence-electron chi connectivity index (χ1n) is 9.12. The molecule has 0 fully saturated rings. The maximum atomic E-state index is 12.6. The number of ether oxygens (including phenoxy) is 1. The van der Waals surface area contributed by atoms with Crippen LogP contribution in [0.2, 0.25) is 0 Å². The van der Waals surface area contributed by atoms with Crippen molar-refractivity contribution >= 4 is 56.8 Å². The molecule has 1 aromatic carbocycles. The molecule has 3 heterocycles. The smallest absolute Gasteiger partial charge is 0.341 e. The molecule has 1 aliphatic carbocycles. The Morgan fingerprint density at radius 3 is 3.07 bits per heavy atom. The minimum atomic E-state index is -0.397. The van der Waals surface area contributed by atoms with E-state index >= 15 is 0 Å². The van der Waals surface area contributed by atoms with Gasteiger partial charge in [-0.1, -0.05) is 23.9 Å². The Labute approximate surface area is 173 Å². The van der Waals surface area contributed by atoms with Crippen LogP contribution < -0.4 is 5.32 Å². The number of esters is 1. The minimum absolute atomic E-state index is 0.162. The van der Waals surface area contributed by atoms with Crippen molar-refractivity contribution in [3.63, 3.8) is 0 Å². The van der Waals surface area contributed by atoms with Gasteiger partial charge in [0, 0.05) is 4.88 Å². The van der Waals surface area contributed by atoms with Gasteiger partial charge in [-0.2, -0.15) is 0 Å². The van der Waals surface area contributed by atoms with E-state index < -0.39 is 5.97 Å². The van der Waals surface area contributed by atoms with Gasteiger partial charge in [0.1, 0.15) is 5.00 Å². The van der Waals surface area contributed by atoms with Crippen LogP contribution in [0.25, 0.3) is 16.8 Å². The lowest BCUT2D eigenvalue weighted by molar-refractivity contribution is -0.113. The van der Waals surface area contributed by atoms with Crippen molar-refractivity contribution in [2.45, 2.75) is 24.4 Å². The molecule has 0 unspecified atom stereocenters. The van der Waals surface area contributed by atoms with Crippen LogP contribution in [0.1, 0.15) is 27.2 Å². The third kappa shape index (κ3) is 3.08. The van der Waals surface area contributed by atoms with Crippen molar-refractivity contribution in [1.29, 1.82) is 0 Å². The summed E-state index contributed by atoms with van der Waals surface area (Å²) in [5.74, 6) is 0.207. The molecule has 1 aliphatic rings. The van der Waals surface area contributed by atoms with Gasteiger partial charge >= 0.3 is 5.97 Å². The number of benzene rings is 1. The summed E-state index contributed by atoms with van der Waals surface area (Å²) in [5.41, 5.74) is 3.32. The molecule has 5 rings (SSSR count). The van der Waals surface area contributed by atoms with Gasteiger partial charge < -0.3 is 10.1 Å². The molecule has 3 aromatic heterocycles. The van der Waals surface area contributed by atoms with E-state index in [0.717, 1.165) is 40.7 Å². The third-order valence-corrected chi connectivity index (χ3v) is 7.05. The molecule has 0 atom stereocenters. The lowest BCUT2D eigenvalue weighted by Crippen LogP contribution is -2.16. The molecule has 10 heteroatoms. The Hall–Kier alpha value is -2.85. The summed E-state index contributed by atoms with van der Waals surface area (Å²) < 4.78 is 6.82. The number of aromatic amines is 1. The van der Waals surface area contributed by atoms with Crippen LogP contribution in [0.5, 0.6) is 0 Å². The van der Waals surface area contributed by atoms with Gasteiger partial charge in [-0.15, -0.1) is 16.4 Å². The molecule has 29 heavy (non-hydrogen) atoms. The molecule has 0 radical (unpaired) electrons. The number of aromatic nitrogens is 4. The number of imidazole rings is 1. The summed E-state index contributed by atoms with van der Waals surface area (Å²) in [6, 6.07) is 7.77. The lowest BCUT2D eigenvalue weighted by Gasteiger charge is -2.06. The summed E-state index contributed by atoms with van der Waals surface area (Å²) in [6.45, 7) is 0. The average molecular weight is 428 g/mol. The Morgan fingerprint density at radius 2 is 2.21 bits per heavy atom. The van der Waals surface area contributed by atoms with Crippen LogP contribution in [0, 0.1) is 0 Å². The zero-order valence-electron chi connectivity index (χ0n) is 15.5. The number of anilines is 1. The van der Waals surface area contributed by atoms with Crippen molar-refractivity contribution in [3.8, 4) is 0 Å². The number of thioether (sulfide) groups is 1. The van der Waals surface area contributed by atoms with Crippen LogP contribution >= 0.6 is 23.1 Å². The van der Waals surface area contributed by atoms with Gasteiger partial charge in [-0.3, -0.25) is 9.20 Å². The molecular formula is C19H17N5O3S2. The predicted molar refractivity (Wildman–Crippen MR) is 112 cm³/mol. The molecule has 0 spiro atoms. The highest BCUT2D eigenvalue weighted by molar-refractivity contribution is 7.99. The van der Waals surface area contributed by atoms with Crippen molar-refractivity contribution in [3.05, 3.63) is 40.3 Å². The number of nitrogens with one attached hydrogen (secondary N) is 2. The van der Waals surface area contributed by atoms with E-state index in [2.05, 4.69) is 20.5 Å². The first kappa shape index (κ1) is 18.2. The number of para-hydroxylation sites is 2. The van der Waals surface area contributed by atoms with Gasteiger partial charge in [-0.05, 0) is 37.0 Å². The molecule has 1 amide bonds. The van der Waals surface area contributed by atoms with Gasteiger partial charge in [0.25, 0.3) is 0 Å². The summed E-state index contributed by atoms with van der Waals surface area (Å²) in [7, 11) is 1.36. The number of nitrogens with zero attached hydrogens (tertiary/aromatic N) is 3. The number of aryl methyl sites for hydroxylation is 1. The van der Waals surface area contributed by atoms with E-state index in [4.69, 9.17) is 4.74 Å². The number of hydrogen-bond acceptors (Lipinski definition) is 7. The average Bonchev–Trinajstić information content (AvgIpc) is 3.46. The number of thiophene rings is 1. The normalized spacial score (nSPS) is 13.1. The number of fused-ring (bicyclic) bond motifs is 4. The fourth-order valence-corrected chi connectivity index (χ4v) is 5.69. The fraction of sp³-hybridized carbons (Fsp3) is 0.263. The highest BCUT2D eigenvalue weighted by atomic mass is 32.2. The molecule has 4 aromatic rings. The second-order valence-corrected chi connectivity index (χ2v) is 8.70. The minimum Gasteiger partial charge on any atom is -0.465 e. The van der Waals surface area contributed by atoms with Crippen molar-refractivity contribution < 1.29 is 14.3 Å². The van der Waals surface area contributed by atoms with Crippen molar-refractivity contribution in [2.24, 2.45) is 0 Å². The van der Waals surface area contributed by atoms with Gasteiger partial charge in [0.2, 0.25) is 11.7 Å². The predicted octanol–water partition coefficient (Wildman–Crippen LogP) is 3.28. The monoisotopic (exact) mass is 427 g/mol. The fourth-order valence-electron chi connectivity index (χ4n) is 3.64. The quantitative estimate of drug-likeness (QED) is 0.374. The van der Waals surface area contributed by atoms with E-state index in [1.165, 1.54) is 30.2 Å². The summed E-state index contributed by atoms with van der Waals surface area (Å²) in [4.78, 5) is 30.5. The molecule has 0 saturated heterocycles. The molecule has 0 saturated carbocycles. The second-order valence-electron chi connectivity index (χ2n) is 6.66. The maximum absolute atomic E-state index is 12.6. The Kier molecular flexibility index (Phi) is 4.51. The molecule has 2 N–H and O–H groups in total. The Balaban J connectivity index is 1.35. The van der Waals surface area contributed by atoms with E-state index in [0.29, 0.717) is 21.5 Å². The first-order valence-corrected chi connectivity index (χ1v) is 10.9. The molecular weight excluding hydrogens is 410 g/mol. The summed E-state index contributed by atoms with van der Waals surface area (Å²) in [5, 5.41) is 11.3. The first-order chi connectivity index (χ1) is 14.2. The molecule has 0 bridgehead atoms. The van der Waals surface area contributed by atoms with E-state index in [1.807, 2.05) is 28.7 Å². The number of rotatable bonds is 5. The Morgan fingerprint density at radius 1 is 1.34 bits per heavy atom. The molecule has 0 aliphatic heterocycles. The van der Waals surface area contributed by atoms with Crippen LogP contribution in [-0.4, -0.2) is 44.3 Å². The summed E-state index contributed by atoms with van der Waals surface area (Å²) in [6.07, 6.45) is 2.82. The van der Waals surface area contributed by atoms with E-state index in [-0.39, 0.29) is 11.7 Å². The number of carbonyl (C=O) groups excluding carboxylic acids is 2. The number of carbonyl (C=O) groups is 2. The van der Waals surface area contributed by atoms with Crippen LogP contribution in [0.3, 0.4) is 0 Å². The third-order valence-electron chi connectivity index (χ3n) is 4.90. The molecule has 8 nitrogen and oxygen atoms in total. The van der Waals surface area contributed by atoms with Gasteiger partial charge in [0.15, 0.2) is 5.16 Å². The van der Waals surface area contributed by atoms with Crippen molar-refractivity contribution in [2.75, 3.05) is 18.2 Å². The largest absolute Gasteiger partial charge is 0.465 e. The Bertz CT molecular complexity index is 1260. The molecule has 148 valence electrons. The lowest BCUT2D eigenvalue weighted by atomic mass is 10.1. The number of hydrogen-bond donors (Lipinski definition) is 2. The van der Waals surface area contributed by atoms with Gasteiger partial charge in [0.05, 0.1) is 29.5 Å². The van der Waals surface area contributed by atoms with Crippen molar-refractivity contribution in [1.82, 2.24) is 19.6 Å². The number of methoxy groups -OCH3 is 1. The van der Waals surface area contributed by atoms with Crippen LogP contribution in [-0.2, 0) is 22.4 Å². The maximum Gasteiger partial charge on any atom is 0.341 e. The van der Waals surface area contributed by atoms with Crippen LogP contribution in [0.4, 0.5) is 5.00 Å². The van der Waals surface area contributed by atoms with Crippen LogP contribution in [0.15, 0.2) is 29.4 Å². The SMILES string of the molecule is COC(=O)c1c(NC(=O)CSc2n[nH]c3nc4ccccc4n23)sc2c1CCC2. The summed E-state index contributed by atoms with van der Waals surface area (Å²) >= 11 is 2.78. The highest BCUT2D eigenvalue weighted by Crippen LogP contribution is 2.39. The van der Waals surface area contributed by atoms with Gasteiger partial charge in [-0.25, -0.2) is 14.9 Å². The highest BCUT2D eigenvalue weighted by Gasteiger charge is 2.28.